The highest BCUT2D eigenvalue weighted by molar-refractivity contribution is 6.17. The van der Waals surface area contributed by atoms with Crippen molar-refractivity contribution in [3.05, 3.63) is 188 Å². The normalized spacial score (nSPS) is 11.6. The number of para-hydroxylation sites is 2. The van der Waals surface area contributed by atoms with Crippen LogP contribution in [-0.2, 0) is 0 Å². The third-order valence-corrected chi connectivity index (χ3v) is 10.6. The molecule has 4 aromatic heterocycles. The zero-order chi connectivity index (χ0) is 37.0. The lowest BCUT2D eigenvalue weighted by Gasteiger charge is -2.12. The molecule has 0 spiro atoms. The topological polar surface area (TPSA) is 65.0 Å². The van der Waals surface area contributed by atoms with Crippen molar-refractivity contribution < 1.29 is 8.83 Å². The van der Waals surface area contributed by atoms with Gasteiger partial charge in [0.1, 0.15) is 22.3 Å². The summed E-state index contributed by atoms with van der Waals surface area (Å²) in [5.41, 5.74) is 14.7. The van der Waals surface area contributed by atoms with Gasteiger partial charge in [-0.2, -0.15) is 0 Å². The first-order valence-corrected chi connectivity index (χ1v) is 18.7. The van der Waals surface area contributed by atoms with E-state index in [1.165, 1.54) is 0 Å². The molecule has 4 heterocycles. The third-order valence-electron chi connectivity index (χ3n) is 10.6. The van der Waals surface area contributed by atoms with Crippen molar-refractivity contribution in [2.75, 3.05) is 0 Å². The SMILES string of the molecule is c1ccc(-c2cc(-c3ccc(-c4ccc(-c5ccc6oc7ccccc7c6c5)c5oc6ccccc6c45)cc3)nc(-c3cccc(-c4ccncc4)c3)n2)cc1. The average molecular weight is 718 g/mol. The van der Waals surface area contributed by atoms with Crippen LogP contribution in [0.1, 0.15) is 0 Å². The largest absolute Gasteiger partial charge is 0.456 e. The van der Waals surface area contributed by atoms with Gasteiger partial charge in [0.15, 0.2) is 5.82 Å². The van der Waals surface area contributed by atoms with Crippen LogP contribution in [0.15, 0.2) is 197 Å². The van der Waals surface area contributed by atoms with E-state index in [1.807, 2.05) is 67.0 Å². The van der Waals surface area contributed by atoms with Gasteiger partial charge in [0.25, 0.3) is 0 Å². The van der Waals surface area contributed by atoms with Crippen molar-refractivity contribution in [3.8, 4) is 67.3 Å². The van der Waals surface area contributed by atoms with Crippen LogP contribution in [0.3, 0.4) is 0 Å². The van der Waals surface area contributed by atoms with Crippen LogP contribution in [0.2, 0.25) is 0 Å². The second-order valence-electron chi connectivity index (χ2n) is 14.0. The fourth-order valence-corrected chi connectivity index (χ4v) is 7.87. The lowest BCUT2D eigenvalue weighted by Crippen LogP contribution is -1.96. The van der Waals surface area contributed by atoms with Crippen LogP contribution < -0.4 is 0 Å². The second-order valence-corrected chi connectivity index (χ2v) is 14.0. The standard InChI is InChI=1S/C51H31N3O2/c1-2-9-34(10-3-1)44-31-45(54-51(53-44)38-12-8-11-36(29-38)32-25-27-52-28-26-32)35-19-17-33(18-20-35)39-22-23-40(50-49(39)42-14-5-7-16-47(42)56-50)37-21-24-48-43(30-37)41-13-4-6-15-46(41)55-48/h1-31H. The van der Waals surface area contributed by atoms with Crippen molar-refractivity contribution in [1.82, 2.24) is 15.0 Å². The maximum atomic E-state index is 6.68. The monoisotopic (exact) mass is 717 g/mol. The number of aromatic nitrogens is 3. The fourth-order valence-electron chi connectivity index (χ4n) is 7.87. The summed E-state index contributed by atoms with van der Waals surface area (Å²) in [5, 5.41) is 4.37. The highest BCUT2D eigenvalue weighted by atomic mass is 16.3. The van der Waals surface area contributed by atoms with E-state index >= 15 is 0 Å². The van der Waals surface area contributed by atoms with E-state index in [0.717, 1.165) is 105 Å². The highest BCUT2D eigenvalue weighted by Gasteiger charge is 2.19. The summed E-state index contributed by atoms with van der Waals surface area (Å²) in [6, 6.07) is 60.7. The third kappa shape index (κ3) is 5.45. The maximum absolute atomic E-state index is 6.68. The van der Waals surface area contributed by atoms with E-state index in [0.29, 0.717) is 5.82 Å². The van der Waals surface area contributed by atoms with E-state index in [2.05, 4.69) is 126 Å². The Morgan fingerprint density at radius 3 is 1.75 bits per heavy atom. The second kappa shape index (κ2) is 13.0. The van der Waals surface area contributed by atoms with Gasteiger partial charge in [-0.3, -0.25) is 4.98 Å². The summed E-state index contributed by atoms with van der Waals surface area (Å²) >= 11 is 0. The molecule has 0 saturated carbocycles. The number of nitrogens with zero attached hydrogens (tertiary/aromatic N) is 3. The van der Waals surface area contributed by atoms with Gasteiger partial charge < -0.3 is 8.83 Å². The molecule has 0 radical (unpaired) electrons. The van der Waals surface area contributed by atoms with Crippen LogP contribution in [0.4, 0.5) is 0 Å². The molecule has 0 aliphatic heterocycles. The van der Waals surface area contributed by atoms with Gasteiger partial charge in [-0.15, -0.1) is 0 Å². The van der Waals surface area contributed by atoms with Crippen molar-refractivity contribution >= 4 is 43.9 Å². The fraction of sp³-hybridized carbons (Fsp3) is 0. The number of furan rings is 2. The van der Waals surface area contributed by atoms with Gasteiger partial charge in [0.2, 0.25) is 0 Å². The quantitative estimate of drug-likeness (QED) is 0.171. The Balaban J connectivity index is 1.02. The molecule has 0 amide bonds. The molecule has 0 aliphatic carbocycles. The number of rotatable bonds is 6. The number of pyridine rings is 1. The number of benzene rings is 7. The zero-order valence-electron chi connectivity index (χ0n) is 30.1. The Hall–Kier alpha value is -7.63. The van der Waals surface area contributed by atoms with Gasteiger partial charge in [-0.05, 0) is 82.4 Å². The Morgan fingerprint density at radius 1 is 0.339 bits per heavy atom. The summed E-state index contributed by atoms with van der Waals surface area (Å²) in [5.74, 6) is 0.671. The molecule has 0 fully saturated rings. The molecular weight excluding hydrogens is 687 g/mol. The minimum atomic E-state index is 0.671. The van der Waals surface area contributed by atoms with Crippen molar-refractivity contribution in [1.29, 1.82) is 0 Å². The molecule has 5 heteroatoms. The van der Waals surface area contributed by atoms with Gasteiger partial charge >= 0.3 is 0 Å². The summed E-state index contributed by atoms with van der Waals surface area (Å²) in [6.45, 7) is 0. The number of hydrogen-bond donors (Lipinski definition) is 0. The smallest absolute Gasteiger partial charge is 0.160 e. The number of fused-ring (bicyclic) bond motifs is 6. The van der Waals surface area contributed by atoms with E-state index in [1.54, 1.807) is 0 Å². The predicted molar refractivity (Wildman–Crippen MR) is 227 cm³/mol. The van der Waals surface area contributed by atoms with Crippen LogP contribution in [0.25, 0.3) is 111 Å². The van der Waals surface area contributed by atoms with Crippen LogP contribution in [0, 0.1) is 0 Å². The van der Waals surface area contributed by atoms with Crippen LogP contribution in [0.5, 0.6) is 0 Å². The minimum absolute atomic E-state index is 0.671. The molecule has 262 valence electrons. The molecule has 0 aliphatic rings. The molecule has 0 saturated heterocycles. The van der Waals surface area contributed by atoms with Crippen molar-refractivity contribution in [2.24, 2.45) is 0 Å². The number of hydrogen-bond acceptors (Lipinski definition) is 5. The first-order valence-electron chi connectivity index (χ1n) is 18.7. The highest BCUT2D eigenvalue weighted by Crippen LogP contribution is 2.43. The molecule has 0 unspecified atom stereocenters. The zero-order valence-corrected chi connectivity index (χ0v) is 30.1. The molecule has 0 N–H and O–H groups in total. The molecule has 56 heavy (non-hydrogen) atoms. The van der Waals surface area contributed by atoms with E-state index < -0.39 is 0 Å². The average Bonchev–Trinajstić information content (AvgIpc) is 3.85. The van der Waals surface area contributed by atoms with Gasteiger partial charge in [0.05, 0.1) is 11.4 Å². The predicted octanol–water partition coefficient (Wildman–Crippen LogP) is 13.7. The minimum Gasteiger partial charge on any atom is -0.456 e. The van der Waals surface area contributed by atoms with Gasteiger partial charge in [0, 0.05) is 56.2 Å². The Kier molecular flexibility index (Phi) is 7.42. The molecule has 5 nitrogen and oxygen atoms in total. The molecule has 7 aromatic carbocycles. The van der Waals surface area contributed by atoms with Crippen LogP contribution in [-0.4, -0.2) is 15.0 Å². The lowest BCUT2D eigenvalue weighted by atomic mass is 9.93. The lowest BCUT2D eigenvalue weighted by molar-refractivity contribution is 0.668. The van der Waals surface area contributed by atoms with E-state index in [4.69, 9.17) is 18.8 Å². The van der Waals surface area contributed by atoms with Gasteiger partial charge in [-0.1, -0.05) is 121 Å². The molecular formula is C51H31N3O2. The first-order chi connectivity index (χ1) is 27.7. The molecule has 0 bridgehead atoms. The maximum Gasteiger partial charge on any atom is 0.160 e. The molecule has 0 atom stereocenters. The summed E-state index contributed by atoms with van der Waals surface area (Å²) in [7, 11) is 0. The summed E-state index contributed by atoms with van der Waals surface area (Å²) < 4.78 is 12.8. The van der Waals surface area contributed by atoms with Crippen molar-refractivity contribution in [2.45, 2.75) is 0 Å². The first kappa shape index (κ1) is 31.9. The Morgan fingerprint density at radius 2 is 0.946 bits per heavy atom. The van der Waals surface area contributed by atoms with Crippen LogP contribution >= 0.6 is 0 Å². The van der Waals surface area contributed by atoms with Gasteiger partial charge in [-0.25, -0.2) is 9.97 Å². The summed E-state index contributed by atoms with van der Waals surface area (Å²) in [4.78, 5) is 14.4. The molecule has 11 aromatic rings. The summed E-state index contributed by atoms with van der Waals surface area (Å²) in [6.07, 6.45) is 3.63. The van der Waals surface area contributed by atoms with Crippen molar-refractivity contribution in [3.63, 3.8) is 0 Å². The Bertz CT molecular complexity index is 3240. The van der Waals surface area contributed by atoms with E-state index in [-0.39, 0.29) is 0 Å². The molecule has 11 rings (SSSR count). The van der Waals surface area contributed by atoms with E-state index in [9.17, 15) is 0 Å². The Labute approximate surface area is 322 Å².